The van der Waals surface area contributed by atoms with Crippen LogP contribution in [0.4, 0.5) is 0 Å². The minimum Gasteiger partial charge on any atom is -0.494 e. The number of hydrogen-bond donors (Lipinski definition) is 0. The van der Waals surface area contributed by atoms with E-state index in [2.05, 4.69) is 33.9 Å². The number of rotatable bonds is 10. The first-order valence-corrected chi connectivity index (χ1v) is 15.6. The fourth-order valence-electron chi connectivity index (χ4n) is 3.57. The predicted molar refractivity (Wildman–Crippen MR) is 154 cm³/mol. The fraction of sp³-hybridized carbons (Fsp3) is 0.429. The van der Waals surface area contributed by atoms with E-state index in [1.54, 1.807) is 24.3 Å². The number of ether oxygens (including phenoxy) is 4. The molecule has 0 unspecified atom stereocenters. The molecule has 208 valence electrons. The monoisotopic (exact) mass is 582 g/mol. The number of esters is 2. The molecular formula is C28H36Cl2O7Si. The van der Waals surface area contributed by atoms with Crippen LogP contribution in [0.15, 0.2) is 30.3 Å². The molecule has 2 aromatic carbocycles. The van der Waals surface area contributed by atoms with Gasteiger partial charge in [0.2, 0.25) is 0 Å². The van der Waals surface area contributed by atoms with Gasteiger partial charge in [-0.1, -0.05) is 50.0 Å². The first-order chi connectivity index (χ1) is 17.7. The summed E-state index contributed by atoms with van der Waals surface area (Å²) in [6.07, 6.45) is 2.52. The molecule has 0 bridgehead atoms. The molecule has 0 aliphatic heterocycles. The lowest BCUT2D eigenvalue weighted by molar-refractivity contribution is 0.0588. The molecule has 0 aliphatic carbocycles. The zero-order valence-electron chi connectivity index (χ0n) is 23.4. The minimum atomic E-state index is -1.96. The van der Waals surface area contributed by atoms with Crippen LogP contribution in [0.2, 0.25) is 28.2 Å². The van der Waals surface area contributed by atoms with Gasteiger partial charge in [-0.05, 0) is 65.5 Å². The third-order valence-corrected chi connectivity index (χ3v) is 11.8. The van der Waals surface area contributed by atoms with E-state index in [1.165, 1.54) is 28.4 Å². The van der Waals surface area contributed by atoms with Crippen molar-refractivity contribution in [3.8, 4) is 11.5 Å². The SMILES string of the molecule is COC(=O)c1cc(C(=CCCO[Si](C)(C)C(C)(C)C)c2cc(Cl)c(OC)c(C(=O)OC)c2)cc(Cl)c1OC. The van der Waals surface area contributed by atoms with Crippen molar-refractivity contribution in [2.75, 3.05) is 35.0 Å². The molecule has 2 rings (SSSR count). The Morgan fingerprint density at radius 2 is 1.24 bits per heavy atom. The van der Waals surface area contributed by atoms with Crippen LogP contribution in [0.25, 0.3) is 5.57 Å². The van der Waals surface area contributed by atoms with E-state index in [9.17, 15) is 9.59 Å². The topological polar surface area (TPSA) is 80.3 Å². The van der Waals surface area contributed by atoms with Gasteiger partial charge in [0.15, 0.2) is 19.8 Å². The lowest BCUT2D eigenvalue weighted by Crippen LogP contribution is -2.40. The van der Waals surface area contributed by atoms with Crippen molar-refractivity contribution in [3.63, 3.8) is 0 Å². The average molecular weight is 584 g/mol. The zero-order chi connectivity index (χ0) is 28.8. The predicted octanol–water partition coefficient (Wildman–Crippen LogP) is 7.43. The van der Waals surface area contributed by atoms with Crippen LogP contribution >= 0.6 is 23.2 Å². The van der Waals surface area contributed by atoms with Crippen molar-refractivity contribution in [3.05, 3.63) is 62.6 Å². The molecule has 0 N–H and O–H groups in total. The molecule has 0 saturated carbocycles. The maximum absolute atomic E-state index is 12.5. The third-order valence-electron chi connectivity index (χ3n) is 6.66. The molecule has 0 spiro atoms. The van der Waals surface area contributed by atoms with Crippen LogP contribution in [0, 0.1) is 0 Å². The summed E-state index contributed by atoms with van der Waals surface area (Å²) in [5.41, 5.74) is 2.19. The van der Waals surface area contributed by atoms with E-state index < -0.39 is 20.3 Å². The zero-order valence-corrected chi connectivity index (χ0v) is 25.9. The van der Waals surface area contributed by atoms with Gasteiger partial charge in [0.25, 0.3) is 0 Å². The molecule has 0 aliphatic rings. The summed E-state index contributed by atoms with van der Waals surface area (Å²) in [6, 6.07) is 6.63. The Kier molecular flexibility index (Phi) is 10.9. The smallest absolute Gasteiger partial charge is 0.341 e. The quantitative estimate of drug-likeness (QED) is 0.164. The number of carbonyl (C=O) groups excluding carboxylic acids is 2. The fourth-order valence-corrected chi connectivity index (χ4v) is 5.23. The molecular weight excluding hydrogens is 547 g/mol. The van der Waals surface area contributed by atoms with Crippen molar-refractivity contribution in [1.29, 1.82) is 0 Å². The first-order valence-electron chi connectivity index (χ1n) is 12.0. The van der Waals surface area contributed by atoms with Gasteiger partial charge in [-0.2, -0.15) is 0 Å². The van der Waals surface area contributed by atoms with Gasteiger partial charge in [0.05, 0.1) is 38.5 Å². The Morgan fingerprint density at radius 1 is 0.816 bits per heavy atom. The highest BCUT2D eigenvalue weighted by Gasteiger charge is 2.36. The second-order valence-electron chi connectivity index (χ2n) is 10.1. The number of carbonyl (C=O) groups is 2. The summed E-state index contributed by atoms with van der Waals surface area (Å²) in [7, 11) is 3.45. The molecule has 0 saturated heterocycles. The van der Waals surface area contributed by atoms with Gasteiger partial charge in [0.1, 0.15) is 11.1 Å². The molecule has 0 atom stereocenters. The molecule has 10 heteroatoms. The highest BCUT2D eigenvalue weighted by Crippen LogP contribution is 2.39. The van der Waals surface area contributed by atoms with E-state index >= 15 is 0 Å². The normalized spacial score (nSPS) is 11.6. The van der Waals surface area contributed by atoms with Crippen molar-refractivity contribution in [1.82, 2.24) is 0 Å². The Bertz CT molecular complexity index is 1140. The minimum absolute atomic E-state index is 0.0669. The van der Waals surface area contributed by atoms with E-state index in [4.69, 9.17) is 46.6 Å². The molecule has 0 radical (unpaired) electrons. The lowest BCUT2D eigenvalue weighted by Gasteiger charge is -2.36. The summed E-state index contributed by atoms with van der Waals surface area (Å²) >= 11 is 13.0. The summed E-state index contributed by atoms with van der Waals surface area (Å²) in [4.78, 5) is 25.1. The van der Waals surface area contributed by atoms with E-state index in [0.717, 1.165) is 0 Å². The molecule has 38 heavy (non-hydrogen) atoms. The van der Waals surface area contributed by atoms with Gasteiger partial charge < -0.3 is 23.4 Å². The Hall–Kier alpha value is -2.52. The van der Waals surface area contributed by atoms with Crippen molar-refractivity contribution < 1.29 is 33.0 Å². The highest BCUT2D eigenvalue weighted by molar-refractivity contribution is 6.74. The summed E-state index contributed by atoms with van der Waals surface area (Å²) in [5, 5.41) is 0.514. The number of halogens is 2. The van der Waals surface area contributed by atoms with Crippen molar-refractivity contribution in [2.45, 2.75) is 45.3 Å². The lowest BCUT2D eigenvalue weighted by atomic mass is 9.93. The highest BCUT2D eigenvalue weighted by atomic mass is 35.5. The molecule has 0 aromatic heterocycles. The van der Waals surface area contributed by atoms with Crippen LogP contribution in [0.1, 0.15) is 59.0 Å². The standard InChI is InChI=1S/C28H36Cl2O7Si/c1-28(2,3)38(8,9)37-12-10-11-19(17-13-20(26(31)35-6)24(33-4)22(29)15-17)18-14-21(27(32)36-7)25(34-5)23(30)16-18/h11,13-16H,10,12H2,1-9H3. The first kappa shape index (κ1) is 31.7. The molecule has 0 fully saturated rings. The number of benzene rings is 2. The molecule has 7 nitrogen and oxygen atoms in total. The van der Waals surface area contributed by atoms with Crippen LogP contribution in [0.5, 0.6) is 11.5 Å². The van der Waals surface area contributed by atoms with Crippen LogP contribution in [-0.2, 0) is 13.9 Å². The van der Waals surface area contributed by atoms with E-state index in [0.29, 0.717) is 29.7 Å². The molecule has 0 amide bonds. The van der Waals surface area contributed by atoms with Gasteiger partial charge in [-0.3, -0.25) is 0 Å². The van der Waals surface area contributed by atoms with E-state index in [1.807, 2.05) is 6.08 Å². The summed E-state index contributed by atoms with van der Waals surface area (Å²) in [5.74, 6) is -0.805. The second-order valence-corrected chi connectivity index (χ2v) is 15.7. The average Bonchev–Trinajstić information content (AvgIpc) is 2.85. The number of hydrogen-bond acceptors (Lipinski definition) is 7. The molecule has 0 heterocycles. The second kappa shape index (κ2) is 13.0. The van der Waals surface area contributed by atoms with Crippen LogP contribution < -0.4 is 9.47 Å². The Labute approximate surface area is 236 Å². The number of methoxy groups -OCH3 is 4. The summed E-state index contributed by atoms with van der Waals surface area (Å²) < 4.78 is 27.0. The van der Waals surface area contributed by atoms with Crippen LogP contribution in [-0.4, -0.2) is 55.3 Å². The van der Waals surface area contributed by atoms with Gasteiger partial charge >= 0.3 is 11.9 Å². The largest absolute Gasteiger partial charge is 0.494 e. The molecule has 2 aromatic rings. The van der Waals surface area contributed by atoms with Gasteiger partial charge in [-0.25, -0.2) is 9.59 Å². The summed E-state index contributed by atoms with van der Waals surface area (Å²) in [6.45, 7) is 11.4. The Morgan fingerprint density at radius 3 is 1.58 bits per heavy atom. The maximum Gasteiger partial charge on any atom is 0.341 e. The van der Waals surface area contributed by atoms with E-state index in [-0.39, 0.29) is 37.7 Å². The van der Waals surface area contributed by atoms with Crippen molar-refractivity contribution >= 4 is 49.0 Å². The van der Waals surface area contributed by atoms with Gasteiger partial charge in [-0.15, -0.1) is 0 Å². The van der Waals surface area contributed by atoms with Crippen LogP contribution in [0.3, 0.4) is 0 Å². The van der Waals surface area contributed by atoms with Gasteiger partial charge in [0, 0.05) is 6.61 Å². The maximum atomic E-state index is 12.5. The van der Waals surface area contributed by atoms with Crippen molar-refractivity contribution in [2.24, 2.45) is 0 Å². The third kappa shape index (κ3) is 7.11. The Balaban J connectivity index is 2.72.